The van der Waals surface area contributed by atoms with Crippen LogP contribution in [0.5, 0.6) is 5.75 Å². The van der Waals surface area contributed by atoms with E-state index in [4.69, 9.17) is 16.7 Å². The number of rotatable bonds is 4. The van der Waals surface area contributed by atoms with E-state index in [1.54, 1.807) is 18.2 Å². The average Bonchev–Trinajstić information content (AvgIpc) is 3.15. The molecule has 7 nitrogen and oxygen atoms in total. The second kappa shape index (κ2) is 6.86. The van der Waals surface area contributed by atoms with Gasteiger partial charge in [-0.2, -0.15) is 5.10 Å². The van der Waals surface area contributed by atoms with E-state index in [0.717, 1.165) is 11.1 Å². The first kappa shape index (κ1) is 17.8. The zero-order valence-corrected chi connectivity index (χ0v) is 15.1. The van der Waals surface area contributed by atoms with Crippen LogP contribution >= 0.6 is 11.6 Å². The van der Waals surface area contributed by atoms with Crippen molar-refractivity contribution in [1.82, 2.24) is 14.9 Å². The minimum atomic E-state index is -1.18. The highest BCUT2D eigenvalue weighted by molar-refractivity contribution is 6.30. The Labute approximate surface area is 163 Å². The van der Waals surface area contributed by atoms with Gasteiger partial charge in [-0.3, -0.25) is 9.59 Å². The lowest BCUT2D eigenvalue weighted by molar-refractivity contribution is -0.135. The summed E-state index contributed by atoms with van der Waals surface area (Å²) < 4.78 is 1.30. The van der Waals surface area contributed by atoms with E-state index in [2.05, 4.69) is 10.4 Å². The molecule has 0 aliphatic rings. The van der Waals surface area contributed by atoms with Crippen molar-refractivity contribution >= 4 is 39.8 Å². The van der Waals surface area contributed by atoms with Gasteiger partial charge in [-0.15, -0.1) is 0 Å². The summed E-state index contributed by atoms with van der Waals surface area (Å²) in [5, 5.41) is 27.6. The Morgan fingerprint density at radius 3 is 2.61 bits per heavy atom. The number of carbonyl (C=O) groups is 2. The van der Waals surface area contributed by atoms with Gasteiger partial charge in [0.1, 0.15) is 6.54 Å². The number of benzene rings is 2. The number of nitrogens with one attached hydrogen (secondary N) is 1. The molecule has 0 bridgehead atoms. The first-order chi connectivity index (χ1) is 13.5. The lowest BCUT2D eigenvalue weighted by atomic mass is 10.00. The molecule has 8 heteroatoms. The number of pyridine rings is 1. The van der Waals surface area contributed by atoms with E-state index in [1.165, 1.54) is 10.7 Å². The van der Waals surface area contributed by atoms with Gasteiger partial charge >= 0.3 is 5.97 Å². The van der Waals surface area contributed by atoms with Crippen LogP contribution in [0.25, 0.3) is 27.4 Å². The maximum absolute atomic E-state index is 12.4. The number of carboxylic acid groups (broad SMARTS) is 1. The zero-order valence-electron chi connectivity index (χ0n) is 14.4. The predicted molar refractivity (Wildman–Crippen MR) is 105 cm³/mol. The molecule has 4 rings (SSSR count). The molecular weight excluding hydrogens is 382 g/mol. The smallest absolute Gasteiger partial charge is 0.322 e. The highest BCUT2D eigenvalue weighted by Crippen LogP contribution is 2.35. The molecule has 0 spiro atoms. The number of fused-ring (bicyclic) bond motifs is 3. The average molecular weight is 396 g/mol. The van der Waals surface area contributed by atoms with Crippen LogP contribution in [0, 0.1) is 0 Å². The minimum absolute atomic E-state index is 0.121. The number of aliphatic carboxylic acids is 1. The molecule has 28 heavy (non-hydrogen) atoms. The van der Waals surface area contributed by atoms with Gasteiger partial charge < -0.3 is 15.5 Å². The molecule has 0 saturated heterocycles. The van der Waals surface area contributed by atoms with Gasteiger partial charge in [0.15, 0.2) is 11.4 Å². The number of carboxylic acids is 1. The summed E-state index contributed by atoms with van der Waals surface area (Å²) in [6.45, 7) is -0.563. The summed E-state index contributed by atoms with van der Waals surface area (Å²) >= 11 is 6.08. The Bertz CT molecular complexity index is 1250. The van der Waals surface area contributed by atoms with Crippen LogP contribution in [0.3, 0.4) is 0 Å². The fourth-order valence-electron chi connectivity index (χ4n) is 3.17. The van der Waals surface area contributed by atoms with E-state index in [-0.39, 0.29) is 11.4 Å². The molecule has 140 valence electrons. The highest BCUT2D eigenvalue weighted by Gasteiger charge is 2.21. The highest BCUT2D eigenvalue weighted by atomic mass is 35.5. The molecule has 0 aliphatic heterocycles. The Kier molecular flexibility index (Phi) is 4.37. The summed E-state index contributed by atoms with van der Waals surface area (Å²) in [7, 11) is 0. The van der Waals surface area contributed by atoms with Crippen LogP contribution in [-0.4, -0.2) is 38.2 Å². The summed E-state index contributed by atoms with van der Waals surface area (Å²) in [5.74, 6) is -2.18. The normalized spacial score (nSPS) is 11.0. The Morgan fingerprint density at radius 2 is 1.86 bits per heavy atom. The standard InChI is InChI=1S/C20H14ClN3O4/c21-13-3-1-2-11(8-13)12-4-5-14-15(9-12)16-6-7-23-24(16)18(19(14)27)20(28)22-10-17(25)26/h1-9,27H,10H2,(H,22,28)(H,25,26). The molecule has 0 aliphatic carbocycles. The topological polar surface area (TPSA) is 104 Å². The molecule has 2 aromatic carbocycles. The van der Waals surface area contributed by atoms with Crippen molar-refractivity contribution in [3.05, 3.63) is 65.4 Å². The minimum Gasteiger partial charge on any atom is -0.505 e. The summed E-state index contributed by atoms with van der Waals surface area (Å²) in [6.07, 6.45) is 1.51. The fourth-order valence-corrected chi connectivity index (χ4v) is 3.36. The molecule has 3 N–H and O–H groups in total. The SMILES string of the molecule is O=C(O)CNC(=O)c1c(O)c2ccc(-c3cccc(Cl)c3)cc2c2ccnn12. The molecule has 0 atom stereocenters. The van der Waals surface area contributed by atoms with Crippen molar-refractivity contribution in [2.24, 2.45) is 0 Å². The maximum Gasteiger partial charge on any atom is 0.322 e. The van der Waals surface area contributed by atoms with Crippen molar-refractivity contribution in [2.45, 2.75) is 0 Å². The van der Waals surface area contributed by atoms with Gasteiger partial charge in [0, 0.05) is 15.8 Å². The van der Waals surface area contributed by atoms with E-state index >= 15 is 0 Å². The summed E-state index contributed by atoms with van der Waals surface area (Å²) in [6, 6.07) is 14.5. The van der Waals surface area contributed by atoms with Crippen LogP contribution in [0.1, 0.15) is 10.5 Å². The van der Waals surface area contributed by atoms with Crippen molar-refractivity contribution in [2.75, 3.05) is 6.54 Å². The Hall–Kier alpha value is -3.58. The Balaban J connectivity index is 1.92. The number of hydrogen-bond acceptors (Lipinski definition) is 4. The van der Waals surface area contributed by atoms with E-state index in [9.17, 15) is 14.7 Å². The molecular formula is C20H14ClN3O4. The van der Waals surface area contributed by atoms with Crippen molar-refractivity contribution in [1.29, 1.82) is 0 Å². The third-order valence-corrected chi connectivity index (χ3v) is 4.64. The van der Waals surface area contributed by atoms with Gasteiger partial charge in [0.2, 0.25) is 0 Å². The van der Waals surface area contributed by atoms with Crippen LogP contribution < -0.4 is 5.32 Å². The molecule has 0 unspecified atom stereocenters. The lowest BCUT2D eigenvalue weighted by Gasteiger charge is -2.13. The van der Waals surface area contributed by atoms with Gasteiger partial charge in [0.05, 0.1) is 11.7 Å². The van der Waals surface area contributed by atoms with Gasteiger partial charge in [-0.1, -0.05) is 29.8 Å². The quantitative estimate of drug-likeness (QED) is 0.491. The third kappa shape index (κ3) is 3.01. The van der Waals surface area contributed by atoms with Crippen molar-refractivity contribution < 1.29 is 19.8 Å². The van der Waals surface area contributed by atoms with E-state index in [1.807, 2.05) is 30.3 Å². The molecule has 2 heterocycles. The second-order valence-electron chi connectivity index (χ2n) is 6.17. The van der Waals surface area contributed by atoms with Gasteiger partial charge in [-0.05, 0) is 41.5 Å². The second-order valence-corrected chi connectivity index (χ2v) is 6.61. The largest absolute Gasteiger partial charge is 0.505 e. The molecule has 0 radical (unpaired) electrons. The third-order valence-electron chi connectivity index (χ3n) is 4.40. The number of hydrogen-bond donors (Lipinski definition) is 3. The molecule has 2 aromatic heterocycles. The number of aromatic nitrogens is 2. The number of aromatic hydroxyl groups is 1. The van der Waals surface area contributed by atoms with E-state index in [0.29, 0.717) is 21.3 Å². The van der Waals surface area contributed by atoms with Crippen LogP contribution in [0.4, 0.5) is 0 Å². The maximum atomic E-state index is 12.4. The fraction of sp³-hybridized carbons (Fsp3) is 0.0500. The zero-order chi connectivity index (χ0) is 19.8. The lowest BCUT2D eigenvalue weighted by Crippen LogP contribution is -2.30. The van der Waals surface area contributed by atoms with Crippen LogP contribution in [-0.2, 0) is 4.79 Å². The summed E-state index contributed by atoms with van der Waals surface area (Å²) in [4.78, 5) is 23.2. The number of halogens is 1. The predicted octanol–water partition coefficient (Wildman–Crippen LogP) is 3.33. The first-order valence-electron chi connectivity index (χ1n) is 8.34. The van der Waals surface area contributed by atoms with E-state index < -0.39 is 18.4 Å². The first-order valence-corrected chi connectivity index (χ1v) is 8.72. The molecule has 0 saturated carbocycles. The number of nitrogens with zero attached hydrogens (tertiary/aromatic N) is 2. The van der Waals surface area contributed by atoms with Crippen molar-refractivity contribution in [3.8, 4) is 16.9 Å². The molecule has 1 amide bonds. The monoisotopic (exact) mass is 395 g/mol. The van der Waals surface area contributed by atoms with Crippen molar-refractivity contribution in [3.63, 3.8) is 0 Å². The number of amides is 1. The van der Waals surface area contributed by atoms with Gasteiger partial charge in [-0.25, -0.2) is 4.52 Å². The van der Waals surface area contributed by atoms with Crippen LogP contribution in [0.2, 0.25) is 5.02 Å². The number of carbonyl (C=O) groups excluding carboxylic acids is 1. The van der Waals surface area contributed by atoms with Gasteiger partial charge in [0.25, 0.3) is 5.91 Å². The molecule has 4 aromatic rings. The molecule has 0 fully saturated rings. The Morgan fingerprint density at radius 1 is 1.07 bits per heavy atom. The summed E-state index contributed by atoms with van der Waals surface area (Å²) in [5.41, 5.74) is 2.29. The van der Waals surface area contributed by atoms with Crippen LogP contribution in [0.15, 0.2) is 54.7 Å².